The van der Waals surface area contributed by atoms with Crippen molar-refractivity contribution in [3.63, 3.8) is 0 Å². The highest BCUT2D eigenvalue weighted by Crippen LogP contribution is 2.37. The Balaban J connectivity index is 0.00000205. The molecule has 212 valence electrons. The Morgan fingerprint density at radius 3 is 2.41 bits per heavy atom. The van der Waals surface area contributed by atoms with Gasteiger partial charge in [-0.05, 0) is 88.0 Å². The fraction of sp³-hybridized carbons (Fsp3) is 0.467. The first-order valence-electron chi connectivity index (χ1n) is 13.8. The van der Waals surface area contributed by atoms with E-state index in [1.54, 1.807) is 6.20 Å². The normalized spacial score (nSPS) is 14.5. The Bertz CT molecular complexity index is 1260. The van der Waals surface area contributed by atoms with Gasteiger partial charge in [0.25, 0.3) is 0 Å². The van der Waals surface area contributed by atoms with Crippen LogP contribution < -0.4 is 20.7 Å². The van der Waals surface area contributed by atoms with Gasteiger partial charge in [-0.15, -0.1) is 0 Å². The number of aromatic nitrogens is 2. The van der Waals surface area contributed by atoms with Crippen LogP contribution in [0.4, 0.5) is 23.1 Å². The van der Waals surface area contributed by atoms with Gasteiger partial charge >= 0.3 is 0 Å². The highest BCUT2D eigenvalue weighted by Gasteiger charge is 2.21. The lowest BCUT2D eigenvalue weighted by Gasteiger charge is -2.26. The van der Waals surface area contributed by atoms with Gasteiger partial charge in [-0.3, -0.25) is 4.21 Å². The Labute approximate surface area is 241 Å². The number of ether oxygens (including phenoxy) is 1. The van der Waals surface area contributed by atoms with E-state index in [1.807, 2.05) is 65.8 Å². The van der Waals surface area contributed by atoms with Crippen LogP contribution in [0.3, 0.4) is 0 Å². The number of aryl methyl sites for hydroxylation is 1. The molecule has 2 aromatic carbocycles. The Morgan fingerprint density at radius 2 is 1.74 bits per heavy atom. The van der Waals surface area contributed by atoms with Crippen LogP contribution in [-0.4, -0.2) is 38.6 Å². The lowest BCUT2D eigenvalue weighted by atomic mass is 9.87. The molecule has 0 spiro atoms. The molecule has 1 aliphatic rings. The van der Waals surface area contributed by atoms with Crippen molar-refractivity contribution in [2.75, 3.05) is 23.7 Å². The van der Waals surface area contributed by atoms with Gasteiger partial charge in [0.1, 0.15) is 10.8 Å². The van der Waals surface area contributed by atoms with Gasteiger partial charge < -0.3 is 20.7 Å². The van der Waals surface area contributed by atoms with Crippen molar-refractivity contribution < 1.29 is 8.95 Å². The minimum Gasteiger partial charge on any atom is -0.489 e. The molecule has 1 saturated heterocycles. The van der Waals surface area contributed by atoms with Gasteiger partial charge in [0, 0.05) is 5.25 Å². The molecule has 0 amide bonds. The molecule has 7 nitrogen and oxygen atoms in total. The summed E-state index contributed by atoms with van der Waals surface area (Å²) >= 11 is 6.45. The first-order valence-corrected chi connectivity index (χ1v) is 15.4. The maximum absolute atomic E-state index is 12.8. The molecule has 2 heterocycles. The third-order valence-corrected chi connectivity index (χ3v) is 8.21. The van der Waals surface area contributed by atoms with Crippen LogP contribution in [0.25, 0.3) is 0 Å². The maximum Gasteiger partial charge on any atom is 0.229 e. The molecule has 1 aromatic heterocycles. The number of nitrogens with zero attached hydrogens (tertiary/aromatic N) is 2. The highest BCUT2D eigenvalue weighted by molar-refractivity contribution is 7.85. The number of anilines is 4. The van der Waals surface area contributed by atoms with Crippen molar-refractivity contribution >= 4 is 45.5 Å². The summed E-state index contributed by atoms with van der Waals surface area (Å²) in [4.78, 5) is 9.76. The smallest absolute Gasteiger partial charge is 0.229 e. The van der Waals surface area contributed by atoms with E-state index in [9.17, 15) is 4.21 Å². The van der Waals surface area contributed by atoms with Crippen LogP contribution in [0.1, 0.15) is 71.4 Å². The van der Waals surface area contributed by atoms with E-state index < -0.39 is 10.8 Å². The van der Waals surface area contributed by atoms with Crippen LogP contribution in [0.2, 0.25) is 5.02 Å². The van der Waals surface area contributed by atoms with Crippen molar-refractivity contribution in [3.05, 3.63) is 58.7 Å². The molecule has 3 aromatic rings. The topological polar surface area (TPSA) is 88.2 Å². The Morgan fingerprint density at radius 1 is 1.05 bits per heavy atom. The molecule has 9 heteroatoms. The fourth-order valence-corrected chi connectivity index (χ4v) is 5.68. The zero-order valence-electron chi connectivity index (χ0n) is 24.1. The molecule has 3 N–H and O–H groups in total. The summed E-state index contributed by atoms with van der Waals surface area (Å²) in [7, 11) is -1.17. The molecule has 0 aliphatic carbocycles. The number of halogens is 1. The zero-order valence-corrected chi connectivity index (χ0v) is 25.7. The molecule has 1 aliphatic heterocycles. The summed E-state index contributed by atoms with van der Waals surface area (Å²) < 4.78 is 19.0. The summed E-state index contributed by atoms with van der Waals surface area (Å²) in [5.74, 6) is 2.11. The molecule has 0 bridgehead atoms. The SMILES string of the molecule is CC.Cc1cc(Nc2ncc(Cl)c(Nc3ccccc3S(=O)C(C)C)n2)c(OC(C)C)cc1C1CCNCC1. The van der Waals surface area contributed by atoms with Crippen molar-refractivity contribution in [2.45, 2.75) is 83.5 Å². The van der Waals surface area contributed by atoms with Crippen LogP contribution in [-0.2, 0) is 10.8 Å². The van der Waals surface area contributed by atoms with E-state index >= 15 is 0 Å². The zero-order chi connectivity index (χ0) is 28.5. The van der Waals surface area contributed by atoms with Gasteiger partial charge in [0.05, 0.1) is 39.4 Å². The molecule has 0 radical (unpaired) electrons. The van der Waals surface area contributed by atoms with Crippen molar-refractivity contribution in [3.8, 4) is 5.75 Å². The minimum absolute atomic E-state index is 0.0171. The Hall–Kier alpha value is -2.68. The third kappa shape index (κ3) is 8.16. The van der Waals surface area contributed by atoms with Gasteiger partial charge in [-0.1, -0.05) is 51.4 Å². The van der Waals surface area contributed by atoms with Crippen molar-refractivity contribution in [2.24, 2.45) is 0 Å². The summed E-state index contributed by atoms with van der Waals surface area (Å²) in [5.41, 5.74) is 4.05. The largest absolute Gasteiger partial charge is 0.489 e. The monoisotopic (exact) mass is 571 g/mol. The second-order valence-corrected chi connectivity index (χ2v) is 12.3. The van der Waals surface area contributed by atoms with Gasteiger partial charge in [-0.25, -0.2) is 4.98 Å². The molecule has 1 fully saturated rings. The summed E-state index contributed by atoms with van der Waals surface area (Å²) in [6.45, 7) is 16.1. The van der Waals surface area contributed by atoms with E-state index in [0.29, 0.717) is 33.3 Å². The predicted molar refractivity (Wildman–Crippen MR) is 165 cm³/mol. The predicted octanol–water partition coefficient (Wildman–Crippen LogP) is 7.72. The van der Waals surface area contributed by atoms with Gasteiger partial charge in [-0.2, -0.15) is 4.98 Å². The van der Waals surface area contributed by atoms with E-state index in [0.717, 1.165) is 37.4 Å². The second kappa shape index (κ2) is 14.6. The van der Waals surface area contributed by atoms with Crippen LogP contribution in [0.5, 0.6) is 5.75 Å². The van der Waals surface area contributed by atoms with Crippen LogP contribution in [0.15, 0.2) is 47.5 Å². The third-order valence-electron chi connectivity index (χ3n) is 6.29. The number of nitrogens with one attached hydrogen (secondary N) is 3. The van der Waals surface area contributed by atoms with E-state index in [4.69, 9.17) is 16.3 Å². The molecule has 1 unspecified atom stereocenters. The molecule has 39 heavy (non-hydrogen) atoms. The number of hydrogen-bond donors (Lipinski definition) is 3. The summed E-state index contributed by atoms with van der Waals surface area (Å²) in [6, 6.07) is 11.8. The molecule has 0 saturated carbocycles. The highest BCUT2D eigenvalue weighted by atomic mass is 35.5. The lowest BCUT2D eigenvalue weighted by Crippen LogP contribution is -2.27. The minimum atomic E-state index is -1.17. The lowest BCUT2D eigenvalue weighted by molar-refractivity contribution is 0.243. The van der Waals surface area contributed by atoms with E-state index in [2.05, 4.69) is 45.0 Å². The number of hydrogen-bond acceptors (Lipinski definition) is 7. The Kier molecular flexibility index (Phi) is 11.6. The number of rotatable bonds is 9. The molecule has 4 rings (SSSR count). The first-order chi connectivity index (χ1) is 18.7. The number of piperidine rings is 1. The summed E-state index contributed by atoms with van der Waals surface area (Å²) in [5, 5.41) is 10.4. The average molecular weight is 572 g/mol. The molecular formula is C30H42ClN5O2S. The number of benzene rings is 2. The molecular weight excluding hydrogens is 530 g/mol. The average Bonchev–Trinajstić information content (AvgIpc) is 2.93. The second-order valence-electron chi connectivity index (χ2n) is 9.88. The van der Waals surface area contributed by atoms with E-state index in [1.165, 1.54) is 11.1 Å². The number of para-hydroxylation sites is 1. The van der Waals surface area contributed by atoms with Crippen molar-refractivity contribution in [1.29, 1.82) is 0 Å². The fourth-order valence-electron chi connectivity index (χ4n) is 4.49. The first kappa shape index (κ1) is 30.9. The molecule has 1 atom stereocenters. The van der Waals surface area contributed by atoms with Crippen molar-refractivity contribution in [1.82, 2.24) is 15.3 Å². The maximum atomic E-state index is 12.8. The van der Waals surface area contributed by atoms with Crippen LogP contribution in [0, 0.1) is 6.92 Å². The standard InChI is InChI=1S/C28H36ClN5O2S.C2H6/c1-17(2)36-25-15-21(20-10-12-30-13-11-20)19(5)14-24(25)33-28-31-16-22(29)27(34-28)32-23-8-6-7-9-26(23)37(35)18(3)4;1-2/h6-9,14-18,20,30H,10-13H2,1-5H3,(H2,31,32,33,34);1-2H3. The van der Waals surface area contributed by atoms with E-state index in [-0.39, 0.29) is 11.4 Å². The summed E-state index contributed by atoms with van der Waals surface area (Å²) in [6.07, 6.45) is 3.81. The van der Waals surface area contributed by atoms with Gasteiger partial charge in [0.15, 0.2) is 5.82 Å². The van der Waals surface area contributed by atoms with Gasteiger partial charge in [0.2, 0.25) is 5.95 Å². The van der Waals surface area contributed by atoms with Crippen LogP contribution >= 0.6 is 11.6 Å². The quantitative estimate of drug-likeness (QED) is 0.242.